The molecular formula is C15H29N3S2. The summed E-state index contributed by atoms with van der Waals surface area (Å²) in [4.78, 5) is 9.26. The molecule has 5 heteroatoms. The first-order valence-electron chi connectivity index (χ1n) is 7.81. The number of thiol groups is 1. The van der Waals surface area contributed by atoms with Crippen molar-refractivity contribution in [3.05, 3.63) is 0 Å². The molecule has 0 fully saturated rings. The van der Waals surface area contributed by atoms with Crippen molar-refractivity contribution in [3.8, 4) is 0 Å². The van der Waals surface area contributed by atoms with Crippen LogP contribution in [0.2, 0.25) is 0 Å². The van der Waals surface area contributed by atoms with E-state index in [0.717, 1.165) is 43.3 Å². The topological polar surface area (TPSA) is 36.8 Å². The molecule has 1 heterocycles. The molecule has 1 N–H and O–H groups in total. The van der Waals surface area contributed by atoms with Crippen LogP contribution in [0.5, 0.6) is 0 Å². The summed E-state index contributed by atoms with van der Waals surface area (Å²) in [5.74, 6) is 2.86. The van der Waals surface area contributed by atoms with Gasteiger partial charge in [-0.25, -0.2) is 4.99 Å². The molecule has 0 saturated carbocycles. The van der Waals surface area contributed by atoms with Crippen molar-refractivity contribution in [3.63, 3.8) is 0 Å². The highest BCUT2D eigenvalue weighted by atomic mass is 32.2. The molecule has 1 aliphatic rings. The maximum Gasteiger partial charge on any atom is 0.219 e. The van der Waals surface area contributed by atoms with Crippen LogP contribution >= 0.6 is 24.4 Å². The highest BCUT2D eigenvalue weighted by Gasteiger charge is 2.36. The van der Waals surface area contributed by atoms with Crippen molar-refractivity contribution < 1.29 is 0 Å². The second-order valence-electron chi connectivity index (χ2n) is 5.46. The third kappa shape index (κ3) is 5.68. The highest BCUT2D eigenvalue weighted by Crippen LogP contribution is 2.27. The van der Waals surface area contributed by atoms with Crippen molar-refractivity contribution in [2.24, 2.45) is 9.98 Å². The number of nitrogens with zero attached hydrogens (tertiary/aromatic N) is 2. The van der Waals surface area contributed by atoms with Crippen molar-refractivity contribution in [1.29, 1.82) is 0 Å². The lowest BCUT2D eigenvalue weighted by Crippen LogP contribution is -2.44. The van der Waals surface area contributed by atoms with Crippen molar-refractivity contribution in [2.75, 3.05) is 18.1 Å². The van der Waals surface area contributed by atoms with Gasteiger partial charge in [-0.1, -0.05) is 33.1 Å². The van der Waals surface area contributed by atoms with E-state index in [-0.39, 0.29) is 5.54 Å². The van der Waals surface area contributed by atoms with Gasteiger partial charge in [0.2, 0.25) is 5.96 Å². The number of unbranched alkanes of at least 4 members (excludes halogenated alkanes) is 2. The largest absolute Gasteiger partial charge is 0.343 e. The zero-order valence-electron chi connectivity index (χ0n) is 13.1. The van der Waals surface area contributed by atoms with Crippen molar-refractivity contribution in [2.45, 2.75) is 64.8 Å². The number of guanidine groups is 1. The van der Waals surface area contributed by atoms with Gasteiger partial charge in [0.1, 0.15) is 5.04 Å². The van der Waals surface area contributed by atoms with Gasteiger partial charge in [-0.05, 0) is 37.7 Å². The summed E-state index contributed by atoms with van der Waals surface area (Å²) in [6, 6.07) is 0. The van der Waals surface area contributed by atoms with Gasteiger partial charge >= 0.3 is 0 Å². The van der Waals surface area contributed by atoms with Crippen LogP contribution in [-0.2, 0) is 0 Å². The van der Waals surface area contributed by atoms with E-state index in [1.165, 1.54) is 24.3 Å². The Morgan fingerprint density at radius 1 is 1.25 bits per heavy atom. The first kappa shape index (κ1) is 17.9. The van der Waals surface area contributed by atoms with Gasteiger partial charge in [0.15, 0.2) is 0 Å². The molecule has 1 aliphatic heterocycles. The van der Waals surface area contributed by atoms with Crippen LogP contribution in [0.3, 0.4) is 0 Å². The minimum absolute atomic E-state index is 0.00850. The molecule has 1 atom stereocenters. The van der Waals surface area contributed by atoms with Crippen molar-refractivity contribution >= 4 is 35.4 Å². The minimum atomic E-state index is -0.00850. The predicted octanol–water partition coefficient (Wildman–Crippen LogP) is 4.15. The number of nitrogens with one attached hydrogen (secondary N) is 1. The van der Waals surface area contributed by atoms with E-state index in [1.807, 2.05) is 11.8 Å². The summed E-state index contributed by atoms with van der Waals surface area (Å²) in [6.45, 7) is 7.53. The summed E-state index contributed by atoms with van der Waals surface area (Å²) in [6.07, 6.45) is 7.12. The zero-order chi connectivity index (χ0) is 14.8. The third-order valence-corrected chi connectivity index (χ3v) is 5.01. The molecule has 1 unspecified atom stereocenters. The van der Waals surface area contributed by atoms with Crippen molar-refractivity contribution in [1.82, 2.24) is 5.32 Å². The van der Waals surface area contributed by atoms with E-state index < -0.39 is 0 Å². The van der Waals surface area contributed by atoms with Gasteiger partial charge < -0.3 is 5.32 Å². The van der Waals surface area contributed by atoms with Crippen LogP contribution in [-0.4, -0.2) is 34.6 Å². The van der Waals surface area contributed by atoms with Crippen LogP contribution in [0.4, 0.5) is 0 Å². The SMILES string of the molecule is CCCCCSC1=NC(=NCCCS)NC1(C)CCC. The quantitative estimate of drug-likeness (QED) is 0.495. The van der Waals surface area contributed by atoms with Gasteiger partial charge in [-0.2, -0.15) is 12.6 Å². The Bertz CT molecular complexity index is 342. The molecule has 116 valence electrons. The molecule has 0 radical (unpaired) electrons. The Hall–Kier alpha value is -0.160. The minimum Gasteiger partial charge on any atom is -0.343 e. The zero-order valence-corrected chi connectivity index (χ0v) is 14.8. The predicted molar refractivity (Wildman–Crippen MR) is 96.6 cm³/mol. The second-order valence-corrected chi connectivity index (χ2v) is 6.99. The molecule has 0 aromatic heterocycles. The molecule has 0 aliphatic carbocycles. The lowest BCUT2D eigenvalue weighted by atomic mass is 9.99. The van der Waals surface area contributed by atoms with Crippen LogP contribution in [0.15, 0.2) is 9.98 Å². The Balaban J connectivity index is 2.61. The van der Waals surface area contributed by atoms with E-state index in [0.29, 0.717) is 0 Å². The molecule has 0 amide bonds. The number of hydrogen-bond acceptors (Lipinski definition) is 3. The molecule has 1 rings (SSSR count). The van der Waals surface area contributed by atoms with Gasteiger partial charge in [0, 0.05) is 6.54 Å². The normalized spacial score (nSPS) is 24.0. The summed E-state index contributed by atoms with van der Waals surface area (Å²) in [5.41, 5.74) is -0.00850. The molecule has 20 heavy (non-hydrogen) atoms. The standard InChI is InChI=1S/C15H29N3S2/c1-4-6-7-12-20-13-15(3,9-5-2)18-14(17-13)16-10-8-11-19/h19H,4-12H2,1-3H3,(H,16,18). The lowest BCUT2D eigenvalue weighted by Gasteiger charge is -2.25. The maximum atomic E-state index is 4.72. The number of rotatable bonds is 9. The lowest BCUT2D eigenvalue weighted by molar-refractivity contribution is 0.522. The van der Waals surface area contributed by atoms with Crippen LogP contribution in [0.1, 0.15) is 59.3 Å². The van der Waals surface area contributed by atoms with Crippen LogP contribution in [0, 0.1) is 0 Å². The molecular weight excluding hydrogens is 286 g/mol. The summed E-state index contributed by atoms with van der Waals surface area (Å²) in [7, 11) is 0. The molecule has 0 aromatic carbocycles. The molecule has 0 aromatic rings. The highest BCUT2D eigenvalue weighted by molar-refractivity contribution is 8.14. The fourth-order valence-corrected chi connectivity index (χ4v) is 3.57. The van der Waals surface area contributed by atoms with E-state index in [4.69, 9.17) is 4.99 Å². The van der Waals surface area contributed by atoms with Gasteiger partial charge in [-0.3, -0.25) is 4.99 Å². The molecule has 0 bridgehead atoms. The van der Waals surface area contributed by atoms with Crippen LogP contribution < -0.4 is 5.32 Å². The Morgan fingerprint density at radius 3 is 2.70 bits per heavy atom. The van der Waals surface area contributed by atoms with Gasteiger partial charge in [-0.15, -0.1) is 11.8 Å². The smallest absolute Gasteiger partial charge is 0.219 e. The van der Waals surface area contributed by atoms with Gasteiger partial charge in [0.05, 0.1) is 5.54 Å². The monoisotopic (exact) mass is 315 g/mol. The average Bonchev–Trinajstić information content (AvgIpc) is 2.72. The number of hydrogen-bond donors (Lipinski definition) is 2. The molecule has 0 spiro atoms. The summed E-state index contributed by atoms with van der Waals surface area (Å²) < 4.78 is 0. The molecule has 0 saturated heterocycles. The van der Waals surface area contributed by atoms with E-state index >= 15 is 0 Å². The first-order chi connectivity index (χ1) is 9.66. The Kier molecular flexibility index (Phi) is 8.69. The van der Waals surface area contributed by atoms with Crippen LogP contribution in [0.25, 0.3) is 0 Å². The number of thioether (sulfide) groups is 1. The Morgan fingerprint density at radius 2 is 2.05 bits per heavy atom. The fourth-order valence-electron chi connectivity index (χ4n) is 2.26. The first-order valence-corrected chi connectivity index (χ1v) is 9.43. The molecule has 3 nitrogen and oxygen atoms in total. The summed E-state index contributed by atoms with van der Waals surface area (Å²) >= 11 is 6.12. The van der Waals surface area contributed by atoms with E-state index in [1.54, 1.807) is 0 Å². The van der Waals surface area contributed by atoms with Gasteiger partial charge in [0.25, 0.3) is 0 Å². The number of aliphatic imine (C=N–C) groups is 2. The summed E-state index contributed by atoms with van der Waals surface area (Å²) in [5, 5.41) is 4.74. The second kappa shape index (κ2) is 9.72. The third-order valence-electron chi connectivity index (χ3n) is 3.38. The van der Waals surface area contributed by atoms with E-state index in [2.05, 4.69) is 43.7 Å². The van der Waals surface area contributed by atoms with E-state index in [9.17, 15) is 0 Å². The average molecular weight is 316 g/mol. The fraction of sp³-hybridized carbons (Fsp3) is 0.867. The maximum absolute atomic E-state index is 4.72. The Labute approximate surface area is 133 Å².